The Morgan fingerprint density at radius 2 is 2.16 bits per heavy atom. The molecule has 0 fully saturated rings. The summed E-state index contributed by atoms with van der Waals surface area (Å²) < 4.78 is 0. The predicted octanol–water partition coefficient (Wildman–Crippen LogP) is 2.71. The fourth-order valence-electron chi connectivity index (χ4n) is 1.60. The minimum Gasteiger partial charge on any atom is -0.387 e. The first kappa shape index (κ1) is 13.4. The smallest absolute Gasteiger partial charge is 0.270 e. The molecular formula is C14H14ClN3O. The van der Waals surface area contributed by atoms with E-state index in [0.29, 0.717) is 17.3 Å². The molecule has 0 saturated carbocycles. The lowest BCUT2D eigenvalue weighted by molar-refractivity contribution is 0.0946. The molecule has 0 unspecified atom stereocenters. The van der Waals surface area contributed by atoms with Crippen molar-refractivity contribution in [2.75, 3.05) is 12.4 Å². The number of hydrogen-bond donors (Lipinski definition) is 2. The van der Waals surface area contributed by atoms with Crippen molar-refractivity contribution in [2.45, 2.75) is 6.54 Å². The number of aromatic nitrogens is 1. The van der Waals surface area contributed by atoms with E-state index in [0.717, 1.165) is 11.3 Å². The number of pyridine rings is 1. The first-order valence-corrected chi connectivity index (χ1v) is 6.23. The molecule has 0 aliphatic heterocycles. The fourth-order valence-corrected chi connectivity index (χ4v) is 1.81. The third-order valence-electron chi connectivity index (χ3n) is 2.63. The van der Waals surface area contributed by atoms with Crippen LogP contribution in [-0.4, -0.2) is 17.9 Å². The second-order valence-electron chi connectivity index (χ2n) is 3.99. The number of carbonyl (C=O) groups excluding carboxylic acids is 1. The SMILES string of the molecule is CNc1ccc(C(=O)NCc2cccc(Cl)c2)nc1. The third-order valence-corrected chi connectivity index (χ3v) is 2.86. The molecule has 0 aliphatic carbocycles. The van der Waals surface area contributed by atoms with Gasteiger partial charge >= 0.3 is 0 Å². The summed E-state index contributed by atoms with van der Waals surface area (Å²) in [4.78, 5) is 16.0. The highest BCUT2D eigenvalue weighted by molar-refractivity contribution is 6.30. The van der Waals surface area contributed by atoms with Crippen LogP contribution in [0.3, 0.4) is 0 Å². The second kappa shape index (κ2) is 6.20. The monoisotopic (exact) mass is 275 g/mol. The van der Waals surface area contributed by atoms with Gasteiger partial charge in [-0.1, -0.05) is 23.7 Å². The summed E-state index contributed by atoms with van der Waals surface area (Å²) in [5.41, 5.74) is 2.21. The average molecular weight is 276 g/mol. The van der Waals surface area contributed by atoms with Crippen LogP contribution < -0.4 is 10.6 Å². The van der Waals surface area contributed by atoms with Gasteiger partial charge in [0.15, 0.2) is 0 Å². The maximum absolute atomic E-state index is 11.9. The van der Waals surface area contributed by atoms with Gasteiger partial charge in [-0.3, -0.25) is 4.79 Å². The second-order valence-corrected chi connectivity index (χ2v) is 4.43. The number of carbonyl (C=O) groups is 1. The van der Waals surface area contributed by atoms with Crippen molar-refractivity contribution >= 4 is 23.2 Å². The molecule has 0 bridgehead atoms. The van der Waals surface area contributed by atoms with Crippen molar-refractivity contribution in [3.05, 3.63) is 58.9 Å². The Hall–Kier alpha value is -2.07. The predicted molar refractivity (Wildman–Crippen MR) is 76.4 cm³/mol. The maximum Gasteiger partial charge on any atom is 0.270 e. The minimum atomic E-state index is -0.206. The summed E-state index contributed by atoms with van der Waals surface area (Å²) >= 11 is 5.88. The van der Waals surface area contributed by atoms with Gasteiger partial charge in [-0.05, 0) is 29.8 Å². The van der Waals surface area contributed by atoms with Crippen LogP contribution in [0, 0.1) is 0 Å². The van der Waals surface area contributed by atoms with Crippen molar-refractivity contribution in [3.63, 3.8) is 0 Å². The highest BCUT2D eigenvalue weighted by Gasteiger charge is 2.06. The Morgan fingerprint density at radius 1 is 1.32 bits per heavy atom. The minimum absolute atomic E-state index is 0.206. The van der Waals surface area contributed by atoms with E-state index in [2.05, 4.69) is 15.6 Å². The summed E-state index contributed by atoms with van der Waals surface area (Å²) in [5, 5.41) is 6.40. The van der Waals surface area contributed by atoms with Gasteiger partial charge in [-0.2, -0.15) is 0 Å². The van der Waals surface area contributed by atoms with E-state index in [-0.39, 0.29) is 5.91 Å². The molecule has 0 saturated heterocycles. The number of hydrogen-bond acceptors (Lipinski definition) is 3. The molecule has 98 valence electrons. The van der Waals surface area contributed by atoms with Crippen LogP contribution in [0.1, 0.15) is 16.1 Å². The average Bonchev–Trinajstić information content (AvgIpc) is 2.45. The lowest BCUT2D eigenvalue weighted by atomic mass is 10.2. The molecule has 5 heteroatoms. The maximum atomic E-state index is 11.9. The lowest BCUT2D eigenvalue weighted by Gasteiger charge is -2.06. The molecule has 4 nitrogen and oxygen atoms in total. The molecule has 0 radical (unpaired) electrons. The van der Waals surface area contributed by atoms with Crippen LogP contribution in [0.4, 0.5) is 5.69 Å². The highest BCUT2D eigenvalue weighted by Crippen LogP contribution is 2.10. The number of halogens is 1. The quantitative estimate of drug-likeness (QED) is 0.902. The van der Waals surface area contributed by atoms with Gasteiger partial charge in [-0.15, -0.1) is 0 Å². The van der Waals surface area contributed by atoms with Crippen molar-refractivity contribution < 1.29 is 4.79 Å². The highest BCUT2D eigenvalue weighted by atomic mass is 35.5. The van der Waals surface area contributed by atoms with Crippen molar-refractivity contribution in [1.29, 1.82) is 0 Å². The summed E-state index contributed by atoms with van der Waals surface area (Å²) in [6, 6.07) is 10.9. The van der Waals surface area contributed by atoms with Gasteiger partial charge < -0.3 is 10.6 Å². The van der Waals surface area contributed by atoms with E-state index in [1.54, 1.807) is 31.4 Å². The van der Waals surface area contributed by atoms with Crippen LogP contribution in [-0.2, 0) is 6.54 Å². The Labute approximate surface area is 116 Å². The van der Waals surface area contributed by atoms with Crippen LogP contribution in [0.15, 0.2) is 42.6 Å². The molecule has 1 aromatic carbocycles. The standard InChI is InChI=1S/C14H14ClN3O/c1-16-12-5-6-13(17-9-12)14(19)18-8-10-3-2-4-11(15)7-10/h2-7,9,16H,8H2,1H3,(H,18,19). The number of benzene rings is 1. The van der Waals surface area contributed by atoms with Crippen LogP contribution in [0.2, 0.25) is 5.02 Å². The zero-order chi connectivity index (χ0) is 13.7. The first-order chi connectivity index (χ1) is 9.19. The van der Waals surface area contributed by atoms with Gasteiger partial charge in [0.1, 0.15) is 5.69 Å². The fraction of sp³-hybridized carbons (Fsp3) is 0.143. The molecule has 0 atom stereocenters. The molecule has 1 amide bonds. The normalized spacial score (nSPS) is 10.0. The van der Waals surface area contributed by atoms with Crippen LogP contribution in [0.25, 0.3) is 0 Å². The van der Waals surface area contributed by atoms with E-state index in [1.807, 2.05) is 18.2 Å². The van der Waals surface area contributed by atoms with Crippen molar-refractivity contribution in [1.82, 2.24) is 10.3 Å². The molecule has 2 aromatic rings. The summed E-state index contributed by atoms with van der Waals surface area (Å²) in [5.74, 6) is -0.206. The lowest BCUT2D eigenvalue weighted by Crippen LogP contribution is -2.23. The van der Waals surface area contributed by atoms with Crippen molar-refractivity contribution in [3.8, 4) is 0 Å². The molecule has 19 heavy (non-hydrogen) atoms. The van der Waals surface area contributed by atoms with Gasteiger partial charge in [0, 0.05) is 18.6 Å². The van der Waals surface area contributed by atoms with Crippen molar-refractivity contribution in [2.24, 2.45) is 0 Å². The van der Waals surface area contributed by atoms with E-state index >= 15 is 0 Å². The van der Waals surface area contributed by atoms with Crippen LogP contribution in [0.5, 0.6) is 0 Å². The largest absolute Gasteiger partial charge is 0.387 e. The van der Waals surface area contributed by atoms with Gasteiger partial charge in [0.25, 0.3) is 5.91 Å². The van der Waals surface area contributed by atoms with E-state index in [9.17, 15) is 4.79 Å². The Kier molecular flexibility index (Phi) is 4.36. The van der Waals surface area contributed by atoms with E-state index < -0.39 is 0 Å². The van der Waals surface area contributed by atoms with E-state index in [1.165, 1.54) is 0 Å². The van der Waals surface area contributed by atoms with E-state index in [4.69, 9.17) is 11.6 Å². The zero-order valence-corrected chi connectivity index (χ0v) is 11.2. The number of anilines is 1. The zero-order valence-electron chi connectivity index (χ0n) is 10.5. The number of amides is 1. The molecule has 2 N–H and O–H groups in total. The summed E-state index contributed by atoms with van der Waals surface area (Å²) in [7, 11) is 1.80. The van der Waals surface area contributed by atoms with Crippen LogP contribution >= 0.6 is 11.6 Å². The molecule has 0 aliphatic rings. The molecule has 2 rings (SSSR count). The Bertz CT molecular complexity index is 569. The Balaban J connectivity index is 1.97. The molecule has 1 heterocycles. The summed E-state index contributed by atoms with van der Waals surface area (Å²) in [6.07, 6.45) is 1.62. The van der Waals surface area contributed by atoms with Gasteiger partial charge in [-0.25, -0.2) is 4.98 Å². The first-order valence-electron chi connectivity index (χ1n) is 5.85. The topological polar surface area (TPSA) is 54.0 Å². The third kappa shape index (κ3) is 3.69. The number of nitrogens with zero attached hydrogens (tertiary/aromatic N) is 1. The van der Waals surface area contributed by atoms with Gasteiger partial charge in [0.2, 0.25) is 0 Å². The molecule has 1 aromatic heterocycles. The molecular weight excluding hydrogens is 262 g/mol. The molecule has 0 spiro atoms. The summed E-state index contributed by atoms with van der Waals surface area (Å²) in [6.45, 7) is 0.425. The van der Waals surface area contributed by atoms with Gasteiger partial charge in [0.05, 0.1) is 11.9 Å². The number of rotatable bonds is 4. The Morgan fingerprint density at radius 3 is 2.79 bits per heavy atom. The number of nitrogens with one attached hydrogen (secondary N) is 2.